The molecule has 0 saturated carbocycles. The fourth-order valence-electron chi connectivity index (χ4n) is 2.28. The van der Waals surface area contributed by atoms with Crippen LogP contribution in [0.4, 0.5) is 0 Å². The van der Waals surface area contributed by atoms with E-state index in [4.69, 9.17) is 0 Å². The van der Waals surface area contributed by atoms with Gasteiger partial charge in [-0.05, 0) is 49.7 Å². The first-order valence-corrected chi connectivity index (χ1v) is 6.58. The molecule has 0 unspecified atom stereocenters. The molecule has 94 valence electrons. The summed E-state index contributed by atoms with van der Waals surface area (Å²) in [5, 5.41) is 5.88. The number of rotatable bonds is 5. The second-order valence-electron chi connectivity index (χ2n) is 4.76. The zero-order valence-electron chi connectivity index (χ0n) is 11.2. The van der Waals surface area contributed by atoms with Gasteiger partial charge in [0.1, 0.15) is 0 Å². The van der Waals surface area contributed by atoms with Crippen molar-refractivity contribution in [2.24, 2.45) is 0 Å². The number of nitrogens with one attached hydrogen (secondary N) is 1. The Morgan fingerprint density at radius 3 is 2.72 bits per heavy atom. The van der Waals surface area contributed by atoms with Gasteiger partial charge in [-0.25, -0.2) is 0 Å². The smallest absolute Gasteiger partial charge is 0.00172 e. The number of allylic oxidation sites excluding steroid dienone is 1. The predicted molar refractivity (Wildman–Crippen MR) is 80.0 cm³/mol. The van der Waals surface area contributed by atoms with Gasteiger partial charge in [0.15, 0.2) is 0 Å². The zero-order chi connectivity index (χ0) is 12.8. The van der Waals surface area contributed by atoms with Gasteiger partial charge in [-0.3, -0.25) is 0 Å². The molecule has 1 N–H and O–H groups in total. The molecule has 0 heterocycles. The van der Waals surface area contributed by atoms with Crippen molar-refractivity contribution in [1.82, 2.24) is 5.32 Å². The van der Waals surface area contributed by atoms with E-state index in [2.05, 4.69) is 60.8 Å². The number of hydrogen-bond acceptors (Lipinski definition) is 1. The summed E-state index contributed by atoms with van der Waals surface area (Å²) >= 11 is 0. The molecule has 2 rings (SSSR count). The van der Waals surface area contributed by atoms with E-state index in [1.165, 1.54) is 21.9 Å². The van der Waals surface area contributed by atoms with Gasteiger partial charge in [0.2, 0.25) is 0 Å². The molecule has 18 heavy (non-hydrogen) atoms. The second kappa shape index (κ2) is 6.36. The molecule has 0 aliphatic carbocycles. The Balaban J connectivity index is 2.19. The minimum absolute atomic E-state index is 1.05. The maximum atomic E-state index is 3.17. The van der Waals surface area contributed by atoms with Crippen LogP contribution in [0.25, 0.3) is 10.8 Å². The molecular weight excluding hydrogens is 218 g/mol. The van der Waals surface area contributed by atoms with Gasteiger partial charge in [-0.2, -0.15) is 0 Å². The Bertz CT molecular complexity index is 535. The normalized spacial score (nSPS) is 12.0. The van der Waals surface area contributed by atoms with Gasteiger partial charge in [-0.1, -0.05) is 54.1 Å². The van der Waals surface area contributed by atoms with Crippen molar-refractivity contribution < 1.29 is 0 Å². The average Bonchev–Trinajstić information content (AvgIpc) is 2.39. The maximum absolute atomic E-state index is 3.17. The van der Waals surface area contributed by atoms with Crippen molar-refractivity contribution >= 4 is 10.8 Å². The summed E-state index contributed by atoms with van der Waals surface area (Å²) in [6.45, 7) is 3.27. The summed E-state index contributed by atoms with van der Waals surface area (Å²) in [6, 6.07) is 15.2. The van der Waals surface area contributed by atoms with E-state index in [0.29, 0.717) is 0 Å². The van der Waals surface area contributed by atoms with Crippen LogP contribution in [0.15, 0.2) is 54.1 Å². The van der Waals surface area contributed by atoms with Crippen LogP contribution in [0.5, 0.6) is 0 Å². The lowest BCUT2D eigenvalue weighted by Crippen LogP contribution is -2.06. The third-order valence-corrected chi connectivity index (χ3v) is 3.24. The van der Waals surface area contributed by atoms with E-state index in [9.17, 15) is 0 Å². The molecule has 0 saturated heterocycles. The molecule has 1 nitrogen and oxygen atoms in total. The minimum atomic E-state index is 1.05. The Labute approximate surface area is 110 Å². The molecule has 2 aromatic rings. The van der Waals surface area contributed by atoms with Crippen LogP contribution in [-0.2, 0) is 6.42 Å². The third-order valence-electron chi connectivity index (χ3n) is 3.24. The van der Waals surface area contributed by atoms with Gasteiger partial charge in [0.25, 0.3) is 0 Å². The van der Waals surface area contributed by atoms with Crippen LogP contribution in [-0.4, -0.2) is 13.6 Å². The van der Waals surface area contributed by atoms with E-state index >= 15 is 0 Å². The lowest BCUT2D eigenvalue weighted by molar-refractivity contribution is 0.803. The Hall–Kier alpha value is -1.60. The number of hydrogen-bond donors (Lipinski definition) is 1. The minimum Gasteiger partial charge on any atom is -0.319 e. The summed E-state index contributed by atoms with van der Waals surface area (Å²) in [5.74, 6) is 0. The Morgan fingerprint density at radius 2 is 1.89 bits per heavy atom. The molecule has 2 aromatic carbocycles. The molecule has 0 aliphatic rings. The van der Waals surface area contributed by atoms with Crippen molar-refractivity contribution in [3.63, 3.8) is 0 Å². The van der Waals surface area contributed by atoms with Crippen molar-refractivity contribution in [1.29, 1.82) is 0 Å². The van der Waals surface area contributed by atoms with Crippen LogP contribution in [0.1, 0.15) is 18.9 Å². The predicted octanol–water partition coefficient (Wildman–Crippen LogP) is 3.94. The van der Waals surface area contributed by atoms with Crippen LogP contribution >= 0.6 is 0 Å². The van der Waals surface area contributed by atoms with Crippen LogP contribution in [0.3, 0.4) is 0 Å². The van der Waals surface area contributed by atoms with E-state index < -0.39 is 0 Å². The van der Waals surface area contributed by atoms with Gasteiger partial charge >= 0.3 is 0 Å². The fourth-order valence-corrected chi connectivity index (χ4v) is 2.28. The SMILES string of the molecule is CNCCC=C(C)Cc1cccc2ccccc12. The summed E-state index contributed by atoms with van der Waals surface area (Å²) in [4.78, 5) is 0. The molecular formula is C17H21N. The monoisotopic (exact) mass is 239 g/mol. The van der Waals surface area contributed by atoms with E-state index in [1.807, 2.05) is 7.05 Å². The summed E-state index contributed by atoms with van der Waals surface area (Å²) < 4.78 is 0. The average molecular weight is 239 g/mol. The largest absolute Gasteiger partial charge is 0.319 e. The Morgan fingerprint density at radius 1 is 1.11 bits per heavy atom. The van der Waals surface area contributed by atoms with E-state index in [1.54, 1.807) is 0 Å². The van der Waals surface area contributed by atoms with Crippen LogP contribution in [0.2, 0.25) is 0 Å². The maximum Gasteiger partial charge on any atom is -0.00172 e. The molecule has 0 amide bonds. The number of fused-ring (bicyclic) bond motifs is 1. The molecule has 0 fully saturated rings. The quantitative estimate of drug-likeness (QED) is 0.615. The molecule has 0 bridgehead atoms. The lowest BCUT2D eigenvalue weighted by Gasteiger charge is -2.07. The van der Waals surface area contributed by atoms with Crippen LogP contribution in [0, 0.1) is 0 Å². The molecule has 0 atom stereocenters. The molecule has 0 radical (unpaired) electrons. The van der Waals surface area contributed by atoms with Gasteiger partial charge in [0.05, 0.1) is 0 Å². The molecule has 1 heteroatoms. The molecule has 0 aromatic heterocycles. The van der Waals surface area contributed by atoms with Crippen molar-refractivity contribution in [2.45, 2.75) is 19.8 Å². The summed E-state index contributed by atoms with van der Waals surface area (Å²) in [5.41, 5.74) is 2.87. The number of benzene rings is 2. The Kier molecular flexibility index (Phi) is 4.54. The van der Waals surface area contributed by atoms with Gasteiger partial charge in [0, 0.05) is 0 Å². The van der Waals surface area contributed by atoms with Crippen molar-refractivity contribution in [2.75, 3.05) is 13.6 Å². The van der Waals surface area contributed by atoms with Gasteiger partial charge < -0.3 is 5.32 Å². The summed E-state index contributed by atoms with van der Waals surface area (Å²) in [6.07, 6.45) is 4.48. The lowest BCUT2D eigenvalue weighted by atomic mass is 9.99. The zero-order valence-corrected chi connectivity index (χ0v) is 11.2. The highest BCUT2D eigenvalue weighted by molar-refractivity contribution is 5.85. The third kappa shape index (κ3) is 3.21. The van der Waals surface area contributed by atoms with Crippen molar-refractivity contribution in [3.05, 3.63) is 59.7 Å². The topological polar surface area (TPSA) is 12.0 Å². The van der Waals surface area contributed by atoms with E-state index in [-0.39, 0.29) is 0 Å². The fraction of sp³-hybridized carbons (Fsp3) is 0.294. The van der Waals surface area contributed by atoms with Crippen LogP contribution < -0.4 is 5.32 Å². The highest BCUT2D eigenvalue weighted by Crippen LogP contribution is 2.21. The second-order valence-corrected chi connectivity index (χ2v) is 4.76. The van der Waals surface area contributed by atoms with Gasteiger partial charge in [-0.15, -0.1) is 0 Å². The van der Waals surface area contributed by atoms with E-state index in [0.717, 1.165) is 19.4 Å². The summed E-state index contributed by atoms with van der Waals surface area (Å²) in [7, 11) is 1.99. The first-order valence-electron chi connectivity index (χ1n) is 6.58. The highest BCUT2D eigenvalue weighted by atomic mass is 14.8. The first kappa shape index (κ1) is 12.8. The molecule has 0 spiro atoms. The highest BCUT2D eigenvalue weighted by Gasteiger charge is 2.00. The first-order chi connectivity index (χ1) is 8.81. The molecule has 0 aliphatic heterocycles. The van der Waals surface area contributed by atoms with Crippen molar-refractivity contribution in [3.8, 4) is 0 Å². The standard InChI is InChI=1S/C17H21N/c1-14(7-6-12-18-2)13-16-10-5-9-15-8-3-4-11-17(15)16/h3-5,7-11,18H,6,12-13H2,1-2H3.